The average Bonchev–Trinajstić information content (AvgIpc) is 2.87. The molecule has 3 aromatic rings. The molecule has 0 saturated carbocycles. The van der Waals surface area contributed by atoms with Gasteiger partial charge in [-0.25, -0.2) is 18.4 Å². The van der Waals surface area contributed by atoms with Crippen LogP contribution in [0.3, 0.4) is 0 Å². The van der Waals surface area contributed by atoms with Crippen molar-refractivity contribution in [1.82, 2.24) is 14.4 Å². The van der Waals surface area contributed by atoms with Gasteiger partial charge in [0.2, 0.25) is 5.78 Å². The molecule has 9 heteroatoms. The molecule has 0 aliphatic heterocycles. The highest BCUT2D eigenvalue weighted by Gasteiger charge is 2.30. The molecule has 0 N–H and O–H groups in total. The Labute approximate surface area is 129 Å². The minimum absolute atomic E-state index is 0.185. The van der Waals surface area contributed by atoms with Crippen LogP contribution in [0.1, 0.15) is 11.3 Å². The van der Waals surface area contributed by atoms with Gasteiger partial charge in [0.05, 0.1) is 21.9 Å². The fraction of sp³-hybridized carbons (Fsp3) is 0.143. The molecular weight excluding hydrogens is 331 g/mol. The van der Waals surface area contributed by atoms with Crippen molar-refractivity contribution in [3.8, 4) is 0 Å². The number of sulfone groups is 1. The number of aromatic nitrogens is 3. The van der Waals surface area contributed by atoms with E-state index in [0.717, 1.165) is 24.3 Å². The van der Waals surface area contributed by atoms with Gasteiger partial charge in [-0.2, -0.15) is 13.2 Å². The van der Waals surface area contributed by atoms with Crippen LogP contribution in [0.5, 0.6) is 0 Å². The van der Waals surface area contributed by atoms with Crippen LogP contribution in [-0.2, 0) is 21.8 Å². The Bertz CT molecular complexity index is 914. The molecule has 120 valence electrons. The van der Waals surface area contributed by atoms with Gasteiger partial charge in [0.25, 0.3) is 0 Å². The van der Waals surface area contributed by atoms with Gasteiger partial charge in [-0.05, 0) is 30.3 Å². The Hall–Kier alpha value is -2.42. The molecule has 0 amide bonds. The summed E-state index contributed by atoms with van der Waals surface area (Å²) in [6, 6.07) is 5.07. The second-order valence-corrected chi connectivity index (χ2v) is 6.83. The second kappa shape index (κ2) is 5.34. The van der Waals surface area contributed by atoms with E-state index in [-0.39, 0.29) is 10.6 Å². The van der Waals surface area contributed by atoms with E-state index < -0.39 is 27.3 Å². The normalized spacial score (nSPS) is 12.7. The van der Waals surface area contributed by atoms with Crippen LogP contribution in [0.15, 0.2) is 53.8 Å². The highest BCUT2D eigenvalue weighted by Crippen LogP contribution is 2.30. The van der Waals surface area contributed by atoms with Gasteiger partial charge < -0.3 is 0 Å². The van der Waals surface area contributed by atoms with E-state index in [9.17, 15) is 21.6 Å². The lowest BCUT2D eigenvalue weighted by atomic mass is 10.2. The van der Waals surface area contributed by atoms with E-state index in [0.29, 0.717) is 5.78 Å². The molecule has 0 spiro atoms. The maximum absolute atomic E-state index is 12.5. The third kappa shape index (κ3) is 3.19. The monoisotopic (exact) mass is 341 g/mol. The lowest BCUT2D eigenvalue weighted by molar-refractivity contribution is -0.137. The number of hydrogen-bond acceptors (Lipinski definition) is 4. The van der Waals surface area contributed by atoms with Gasteiger partial charge in [0, 0.05) is 18.6 Å². The predicted octanol–water partition coefficient (Wildman–Crippen LogP) is 2.72. The highest BCUT2D eigenvalue weighted by atomic mass is 32.2. The Kier molecular flexibility index (Phi) is 3.59. The maximum Gasteiger partial charge on any atom is 0.416 e. The van der Waals surface area contributed by atoms with E-state index in [4.69, 9.17) is 0 Å². The van der Waals surface area contributed by atoms with E-state index in [1.54, 1.807) is 16.7 Å². The van der Waals surface area contributed by atoms with E-state index in [1.165, 1.54) is 12.4 Å². The number of benzene rings is 1. The molecular formula is C14H10F3N3O2S. The van der Waals surface area contributed by atoms with Crippen LogP contribution >= 0.6 is 0 Å². The molecule has 0 unspecified atom stereocenters. The van der Waals surface area contributed by atoms with Gasteiger partial charge in [-0.1, -0.05) is 0 Å². The SMILES string of the molecule is O=S(=O)(Cc1cn2cccnc2n1)c1ccc(C(F)(F)F)cc1. The summed E-state index contributed by atoms with van der Waals surface area (Å²) in [5.74, 6) is -0.0630. The first-order valence-electron chi connectivity index (χ1n) is 6.44. The first kappa shape index (κ1) is 15.5. The van der Waals surface area contributed by atoms with Crippen molar-refractivity contribution in [3.05, 3.63) is 60.2 Å². The first-order chi connectivity index (χ1) is 10.8. The van der Waals surface area contributed by atoms with Crippen LogP contribution in [0.25, 0.3) is 5.78 Å². The number of halogens is 3. The minimum Gasteiger partial charge on any atom is -0.291 e. The Morgan fingerprint density at radius 1 is 1.13 bits per heavy atom. The third-order valence-electron chi connectivity index (χ3n) is 3.16. The van der Waals surface area contributed by atoms with Crippen LogP contribution in [-0.4, -0.2) is 22.8 Å². The van der Waals surface area contributed by atoms with Gasteiger partial charge in [-0.3, -0.25) is 4.40 Å². The third-order valence-corrected chi connectivity index (χ3v) is 4.83. The summed E-state index contributed by atoms with van der Waals surface area (Å²) >= 11 is 0. The number of imidazole rings is 1. The smallest absolute Gasteiger partial charge is 0.291 e. The number of hydrogen-bond donors (Lipinski definition) is 0. The first-order valence-corrected chi connectivity index (χ1v) is 8.09. The fourth-order valence-corrected chi connectivity index (χ4v) is 3.32. The van der Waals surface area contributed by atoms with Crippen molar-refractivity contribution in [2.45, 2.75) is 16.8 Å². The Morgan fingerprint density at radius 2 is 1.83 bits per heavy atom. The molecule has 0 saturated heterocycles. The topological polar surface area (TPSA) is 64.3 Å². The summed E-state index contributed by atoms with van der Waals surface area (Å²) in [6.45, 7) is 0. The molecule has 5 nitrogen and oxygen atoms in total. The summed E-state index contributed by atoms with van der Waals surface area (Å²) in [6.07, 6.45) is 0.208. The minimum atomic E-state index is -4.50. The van der Waals surface area contributed by atoms with Crippen molar-refractivity contribution in [1.29, 1.82) is 0 Å². The predicted molar refractivity (Wildman–Crippen MR) is 75.3 cm³/mol. The molecule has 0 radical (unpaired) electrons. The van der Waals surface area contributed by atoms with E-state index in [1.807, 2.05) is 0 Å². The highest BCUT2D eigenvalue weighted by molar-refractivity contribution is 7.90. The van der Waals surface area contributed by atoms with Crippen molar-refractivity contribution < 1.29 is 21.6 Å². The Morgan fingerprint density at radius 3 is 2.43 bits per heavy atom. The fourth-order valence-electron chi connectivity index (χ4n) is 2.08. The van der Waals surface area contributed by atoms with Crippen molar-refractivity contribution in [2.24, 2.45) is 0 Å². The largest absolute Gasteiger partial charge is 0.416 e. The molecule has 2 aromatic heterocycles. The molecule has 0 atom stereocenters. The molecule has 0 bridgehead atoms. The van der Waals surface area contributed by atoms with Crippen LogP contribution < -0.4 is 0 Å². The molecule has 2 heterocycles. The standard InChI is InChI=1S/C14H10F3N3O2S/c15-14(16,17)10-2-4-12(5-3-10)23(21,22)9-11-8-20-7-1-6-18-13(20)19-11/h1-8H,9H2. The molecule has 23 heavy (non-hydrogen) atoms. The van der Waals surface area contributed by atoms with Crippen LogP contribution in [0.4, 0.5) is 13.2 Å². The van der Waals surface area contributed by atoms with E-state index >= 15 is 0 Å². The van der Waals surface area contributed by atoms with Gasteiger partial charge in [-0.15, -0.1) is 0 Å². The summed E-state index contributed by atoms with van der Waals surface area (Å²) in [5.41, 5.74) is -0.628. The zero-order chi connectivity index (χ0) is 16.7. The number of rotatable bonds is 3. The molecule has 0 aliphatic rings. The lowest BCUT2D eigenvalue weighted by Gasteiger charge is -2.07. The molecule has 1 aromatic carbocycles. The molecule has 0 fully saturated rings. The van der Waals surface area contributed by atoms with E-state index in [2.05, 4.69) is 9.97 Å². The second-order valence-electron chi connectivity index (χ2n) is 4.84. The Balaban J connectivity index is 1.89. The summed E-state index contributed by atoms with van der Waals surface area (Å²) < 4.78 is 63.7. The van der Waals surface area contributed by atoms with Crippen LogP contribution in [0.2, 0.25) is 0 Å². The summed E-state index contributed by atoms with van der Waals surface area (Å²) in [5, 5.41) is 0. The van der Waals surface area contributed by atoms with Crippen molar-refractivity contribution in [2.75, 3.05) is 0 Å². The maximum atomic E-state index is 12.5. The quantitative estimate of drug-likeness (QED) is 0.735. The van der Waals surface area contributed by atoms with Crippen LogP contribution in [0, 0.1) is 0 Å². The zero-order valence-corrected chi connectivity index (χ0v) is 12.3. The summed E-state index contributed by atoms with van der Waals surface area (Å²) in [7, 11) is -3.79. The van der Waals surface area contributed by atoms with Gasteiger partial charge in [0.1, 0.15) is 0 Å². The lowest BCUT2D eigenvalue weighted by Crippen LogP contribution is -2.08. The zero-order valence-electron chi connectivity index (χ0n) is 11.5. The van der Waals surface area contributed by atoms with Crippen molar-refractivity contribution >= 4 is 15.6 Å². The van der Waals surface area contributed by atoms with Crippen molar-refractivity contribution in [3.63, 3.8) is 0 Å². The number of nitrogens with zero attached hydrogens (tertiary/aromatic N) is 3. The van der Waals surface area contributed by atoms with Gasteiger partial charge in [0.15, 0.2) is 9.84 Å². The molecule has 0 aliphatic carbocycles. The summed E-state index contributed by atoms with van der Waals surface area (Å²) in [4.78, 5) is 7.86. The molecule has 3 rings (SSSR count). The van der Waals surface area contributed by atoms with Gasteiger partial charge >= 0.3 is 6.18 Å². The number of alkyl halides is 3. The average molecular weight is 341 g/mol. The number of fused-ring (bicyclic) bond motifs is 1.